The van der Waals surface area contributed by atoms with Crippen LogP contribution in [-0.2, 0) is 15.7 Å². The molecule has 3 N–H and O–H groups in total. The van der Waals surface area contributed by atoms with Gasteiger partial charge in [-0.25, -0.2) is 0 Å². The Balaban J connectivity index is 2.22. The van der Waals surface area contributed by atoms with Crippen LogP contribution in [-0.4, -0.2) is 41.5 Å². The van der Waals surface area contributed by atoms with E-state index in [1.165, 1.54) is 18.2 Å². The van der Waals surface area contributed by atoms with Crippen molar-refractivity contribution in [2.75, 3.05) is 19.8 Å². The van der Waals surface area contributed by atoms with Gasteiger partial charge in [-0.1, -0.05) is 18.2 Å². The van der Waals surface area contributed by atoms with E-state index >= 15 is 0 Å². The fraction of sp³-hybridized carbons (Fsp3) is 0.533. The number of aliphatic hydroxyl groups excluding tert-OH is 1. The molecule has 128 valence electrons. The summed E-state index contributed by atoms with van der Waals surface area (Å²) in [5, 5.41) is 22.0. The lowest BCUT2D eigenvalue weighted by Gasteiger charge is -2.32. The number of carbonyl (C=O) groups is 1. The molecule has 0 aromatic heterocycles. The number of benzene rings is 1. The van der Waals surface area contributed by atoms with Crippen LogP contribution in [0.15, 0.2) is 24.3 Å². The van der Waals surface area contributed by atoms with Crippen LogP contribution in [0.3, 0.4) is 0 Å². The number of aliphatic hydroxyl groups is 2. The highest BCUT2D eigenvalue weighted by Gasteiger charge is 2.40. The fourth-order valence-corrected chi connectivity index (χ4v) is 2.51. The van der Waals surface area contributed by atoms with Crippen molar-refractivity contribution in [3.05, 3.63) is 35.4 Å². The molecule has 23 heavy (non-hydrogen) atoms. The SMILES string of the molecule is O=C(NC(CO)c1ccccc1C(F)(F)F)C1(O)CCOCC1. The van der Waals surface area contributed by atoms with Gasteiger partial charge in [0, 0.05) is 26.1 Å². The fourth-order valence-electron chi connectivity index (χ4n) is 2.51. The van der Waals surface area contributed by atoms with Gasteiger partial charge in [-0.3, -0.25) is 4.79 Å². The summed E-state index contributed by atoms with van der Waals surface area (Å²) in [6.45, 7) is -0.342. The van der Waals surface area contributed by atoms with Crippen LogP contribution in [0.5, 0.6) is 0 Å². The average Bonchev–Trinajstić information content (AvgIpc) is 2.52. The van der Waals surface area contributed by atoms with Crippen molar-refractivity contribution < 1.29 is 32.9 Å². The smallest absolute Gasteiger partial charge is 0.394 e. The highest BCUT2D eigenvalue weighted by Crippen LogP contribution is 2.34. The summed E-state index contributed by atoms with van der Waals surface area (Å²) in [6, 6.07) is 3.44. The van der Waals surface area contributed by atoms with E-state index in [-0.39, 0.29) is 31.6 Å². The highest BCUT2D eigenvalue weighted by atomic mass is 19.4. The molecule has 1 unspecified atom stereocenters. The molecule has 0 spiro atoms. The van der Waals surface area contributed by atoms with Crippen molar-refractivity contribution in [2.45, 2.75) is 30.7 Å². The number of nitrogens with one attached hydrogen (secondary N) is 1. The molecule has 1 aliphatic heterocycles. The maximum Gasteiger partial charge on any atom is 0.416 e. The molecule has 1 saturated heterocycles. The van der Waals surface area contributed by atoms with Crippen LogP contribution >= 0.6 is 0 Å². The largest absolute Gasteiger partial charge is 0.416 e. The molecule has 5 nitrogen and oxygen atoms in total. The normalized spacial score (nSPS) is 19.2. The number of rotatable bonds is 4. The molecule has 8 heteroatoms. The lowest BCUT2D eigenvalue weighted by Crippen LogP contribution is -2.51. The number of hydrogen-bond donors (Lipinski definition) is 3. The van der Waals surface area contributed by atoms with Crippen LogP contribution in [0, 0.1) is 0 Å². The number of ether oxygens (including phenoxy) is 1. The Hall–Kier alpha value is -1.64. The maximum atomic E-state index is 13.1. The summed E-state index contributed by atoms with van der Waals surface area (Å²) in [5.74, 6) is -0.808. The van der Waals surface area contributed by atoms with Crippen molar-refractivity contribution in [3.8, 4) is 0 Å². The molecule has 0 radical (unpaired) electrons. The summed E-state index contributed by atoms with van der Waals surface area (Å²) < 4.78 is 44.2. The van der Waals surface area contributed by atoms with E-state index in [4.69, 9.17) is 4.74 Å². The van der Waals surface area contributed by atoms with Crippen molar-refractivity contribution in [1.29, 1.82) is 0 Å². The Morgan fingerprint density at radius 1 is 1.30 bits per heavy atom. The summed E-state index contributed by atoms with van der Waals surface area (Å²) in [7, 11) is 0. The van der Waals surface area contributed by atoms with Gasteiger partial charge in [0.15, 0.2) is 0 Å². The first-order valence-electron chi connectivity index (χ1n) is 7.16. The van der Waals surface area contributed by atoms with Gasteiger partial charge in [0.2, 0.25) is 0 Å². The average molecular weight is 333 g/mol. The monoisotopic (exact) mass is 333 g/mol. The third-order valence-electron chi connectivity index (χ3n) is 3.87. The summed E-state index contributed by atoms with van der Waals surface area (Å²) in [4.78, 5) is 12.2. The molecule has 1 amide bonds. The molecular formula is C15H18F3NO4. The number of carbonyl (C=O) groups excluding carboxylic acids is 1. The minimum Gasteiger partial charge on any atom is -0.394 e. The Bertz CT molecular complexity index is 556. The van der Waals surface area contributed by atoms with Crippen LogP contribution in [0.1, 0.15) is 30.0 Å². The number of hydrogen-bond acceptors (Lipinski definition) is 4. The second-order valence-corrected chi connectivity index (χ2v) is 5.44. The van der Waals surface area contributed by atoms with Crippen molar-refractivity contribution in [1.82, 2.24) is 5.32 Å². The lowest BCUT2D eigenvalue weighted by molar-refractivity contribution is -0.151. The summed E-state index contributed by atoms with van der Waals surface area (Å²) in [6.07, 6.45) is -4.50. The van der Waals surface area contributed by atoms with E-state index in [1.54, 1.807) is 0 Å². The first kappa shape index (κ1) is 17.7. The van der Waals surface area contributed by atoms with E-state index in [0.717, 1.165) is 6.07 Å². The Kier molecular flexibility index (Phi) is 5.28. The Morgan fingerprint density at radius 2 is 1.91 bits per heavy atom. The first-order valence-corrected chi connectivity index (χ1v) is 7.16. The van der Waals surface area contributed by atoms with Crippen molar-refractivity contribution in [2.24, 2.45) is 0 Å². The topological polar surface area (TPSA) is 78.8 Å². The number of alkyl halides is 3. The predicted molar refractivity (Wildman–Crippen MR) is 74.4 cm³/mol. The van der Waals surface area contributed by atoms with Gasteiger partial charge in [0.25, 0.3) is 5.91 Å². The van der Waals surface area contributed by atoms with Gasteiger partial charge in [0.05, 0.1) is 18.2 Å². The molecule has 2 rings (SSSR count). The number of halogens is 3. The molecule has 0 saturated carbocycles. The molecule has 0 bridgehead atoms. The standard InChI is InChI=1S/C15H18F3NO4/c16-15(17,18)11-4-2-1-3-10(11)12(9-20)19-13(21)14(22)5-7-23-8-6-14/h1-4,12,20,22H,5-9H2,(H,19,21). The zero-order valence-corrected chi connectivity index (χ0v) is 12.3. The highest BCUT2D eigenvalue weighted by molar-refractivity contribution is 5.85. The molecular weight excluding hydrogens is 315 g/mol. The van der Waals surface area contributed by atoms with Gasteiger partial charge in [-0.2, -0.15) is 13.2 Å². The molecule has 1 fully saturated rings. The van der Waals surface area contributed by atoms with Crippen LogP contribution in [0.25, 0.3) is 0 Å². The molecule has 1 atom stereocenters. The molecule has 1 aromatic carbocycles. The third kappa shape index (κ3) is 4.01. The quantitative estimate of drug-likeness (QED) is 0.778. The third-order valence-corrected chi connectivity index (χ3v) is 3.87. The van der Waals surface area contributed by atoms with Gasteiger partial charge in [-0.05, 0) is 11.6 Å². The van der Waals surface area contributed by atoms with Gasteiger partial charge in [0.1, 0.15) is 5.60 Å². The van der Waals surface area contributed by atoms with Crippen LogP contribution in [0.4, 0.5) is 13.2 Å². The van der Waals surface area contributed by atoms with Crippen LogP contribution in [0.2, 0.25) is 0 Å². The molecule has 1 heterocycles. The zero-order chi connectivity index (χ0) is 17.1. The van der Waals surface area contributed by atoms with Gasteiger partial charge in [-0.15, -0.1) is 0 Å². The van der Waals surface area contributed by atoms with Crippen molar-refractivity contribution >= 4 is 5.91 Å². The van der Waals surface area contributed by atoms with Crippen molar-refractivity contribution in [3.63, 3.8) is 0 Å². The molecule has 1 aromatic rings. The summed E-state index contributed by atoms with van der Waals surface area (Å²) >= 11 is 0. The second kappa shape index (κ2) is 6.86. The maximum absolute atomic E-state index is 13.1. The minimum absolute atomic E-state index is 0.0535. The molecule has 0 aliphatic carbocycles. The first-order chi connectivity index (χ1) is 10.8. The van der Waals surface area contributed by atoms with Gasteiger partial charge >= 0.3 is 6.18 Å². The van der Waals surface area contributed by atoms with Gasteiger partial charge < -0.3 is 20.3 Å². The zero-order valence-electron chi connectivity index (χ0n) is 12.3. The van der Waals surface area contributed by atoms with E-state index in [1.807, 2.05) is 0 Å². The lowest BCUT2D eigenvalue weighted by atomic mass is 9.92. The van der Waals surface area contributed by atoms with E-state index < -0.39 is 35.9 Å². The van der Waals surface area contributed by atoms with Crippen LogP contribution < -0.4 is 5.32 Å². The van der Waals surface area contributed by atoms with E-state index in [0.29, 0.717) is 0 Å². The Morgan fingerprint density at radius 3 is 2.48 bits per heavy atom. The number of amides is 1. The minimum atomic E-state index is -4.61. The predicted octanol–water partition coefficient (Wildman–Crippen LogP) is 1.40. The summed E-state index contributed by atoms with van der Waals surface area (Å²) in [5.41, 5.74) is -2.87. The second-order valence-electron chi connectivity index (χ2n) is 5.44. The Labute approximate surface area is 131 Å². The molecule has 1 aliphatic rings. The van der Waals surface area contributed by atoms with E-state index in [2.05, 4.69) is 5.32 Å². The van der Waals surface area contributed by atoms with E-state index in [9.17, 15) is 28.2 Å².